The van der Waals surface area contributed by atoms with Gasteiger partial charge in [0.2, 0.25) is 11.7 Å². The maximum atomic E-state index is 12.5. The predicted molar refractivity (Wildman–Crippen MR) is 84.5 cm³/mol. The third kappa shape index (κ3) is 3.93. The van der Waals surface area contributed by atoms with E-state index in [2.05, 4.69) is 14.7 Å². The Morgan fingerprint density at radius 1 is 1.33 bits per heavy atom. The van der Waals surface area contributed by atoms with E-state index in [9.17, 15) is 23.1 Å². The molecule has 1 heterocycles. The van der Waals surface area contributed by atoms with E-state index in [1.807, 2.05) is 6.07 Å². The molecule has 1 N–H and O–H groups in total. The number of hydrogen-bond donors (Lipinski definition) is 1. The van der Waals surface area contributed by atoms with Crippen molar-refractivity contribution in [2.45, 2.75) is 25.6 Å². The first-order valence-corrected chi connectivity index (χ1v) is 8.11. The topological polar surface area (TPSA) is 103 Å². The fourth-order valence-corrected chi connectivity index (χ4v) is 2.61. The molecule has 1 fully saturated rings. The van der Waals surface area contributed by atoms with Crippen molar-refractivity contribution >= 4 is 5.91 Å². The molecule has 0 bridgehead atoms. The molecule has 0 aliphatic heterocycles. The van der Waals surface area contributed by atoms with Gasteiger partial charge in [-0.2, -0.15) is 23.4 Å². The second-order valence-corrected chi connectivity index (χ2v) is 6.26. The zero-order chi connectivity index (χ0) is 19.7. The number of nitrogens with zero attached hydrogens (tertiary/aromatic N) is 4. The monoisotopic (exact) mass is 380 g/mol. The van der Waals surface area contributed by atoms with Crippen LogP contribution in [0.3, 0.4) is 0 Å². The van der Waals surface area contributed by atoms with Gasteiger partial charge >= 0.3 is 12.1 Å². The maximum absolute atomic E-state index is 12.5. The lowest BCUT2D eigenvalue weighted by Crippen LogP contribution is -2.38. The molecule has 0 spiro atoms. The Hall–Kier alpha value is -2.93. The van der Waals surface area contributed by atoms with E-state index in [0.29, 0.717) is 24.0 Å². The molecule has 142 valence electrons. The van der Waals surface area contributed by atoms with E-state index in [0.717, 1.165) is 0 Å². The van der Waals surface area contributed by atoms with Crippen molar-refractivity contribution in [3.63, 3.8) is 0 Å². The summed E-state index contributed by atoms with van der Waals surface area (Å²) in [6, 6.07) is 8.28. The highest BCUT2D eigenvalue weighted by Gasteiger charge is 2.52. The van der Waals surface area contributed by atoms with Gasteiger partial charge in [0.25, 0.3) is 0 Å². The summed E-state index contributed by atoms with van der Waals surface area (Å²) in [6.07, 6.45) is -3.71. The second-order valence-electron chi connectivity index (χ2n) is 6.26. The fourth-order valence-electron chi connectivity index (χ4n) is 2.61. The number of carbonyl (C=O) groups is 1. The van der Waals surface area contributed by atoms with Crippen molar-refractivity contribution < 1.29 is 27.6 Å². The van der Waals surface area contributed by atoms with Crippen LogP contribution in [-0.2, 0) is 17.5 Å². The molecule has 0 unspecified atom stereocenters. The van der Waals surface area contributed by atoms with Crippen LogP contribution in [-0.4, -0.2) is 39.2 Å². The third-order valence-corrected chi connectivity index (χ3v) is 4.28. The number of amides is 1. The molecule has 0 atom stereocenters. The molecule has 3 rings (SSSR count). The first-order valence-electron chi connectivity index (χ1n) is 8.11. The van der Waals surface area contributed by atoms with Crippen molar-refractivity contribution in [2.75, 3.05) is 13.2 Å². The van der Waals surface area contributed by atoms with Crippen LogP contribution in [0, 0.1) is 16.7 Å². The standard InChI is InChI=1S/C17H15F3N4O3/c18-17(19,20)14-22-13(23-27-14)12-3-1-11(2-4-12)9-24(7-8-25)15(26)16(10-21)5-6-16/h1-4,25H,5-9H2. The molecule has 0 saturated heterocycles. The largest absolute Gasteiger partial charge is 0.471 e. The average molecular weight is 380 g/mol. The number of rotatable bonds is 6. The van der Waals surface area contributed by atoms with Crippen LogP contribution in [0.1, 0.15) is 24.3 Å². The molecule has 1 aromatic carbocycles. The van der Waals surface area contributed by atoms with Crippen molar-refractivity contribution in [1.82, 2.24) is 15.0 Å². The van der Waals surface area contributed by atoms with Gasteiger partial charge in [-0.1, -0.05) is 29.4 Å². The predicted octanol–water partition coefficient (Wildman–Crippen LogP) is 2.38. The molecule has 2 aromatic rings. The first kappa shape index (κ1) is 18.8. The minimum absolute atomic E-state index is 0.0871. The Morgan fingerprint density at radius 3 is 2.48 bits per heavy atom. The van der Waals surface area contributed by atoms with Gasteiger partial charge < -0.3 is 14.5 Å². The van der Waals surface area contributed by atoms with E-state index in [1.165, 1.54) is 17.0 Å². The first-order chi connectivity index (χ1) is 12.8. The van der Waals surface area contributed by atoms with E-state index in [-0.39, 0.29) is 31.4 Å². The van der Waals surface area contributed by atoms with E-state index in [4.69, 9.17) is 5.26 Å². The van der Waals surface area contributed by atoms with Crippen molar-refractivity contribution in [2.24, 2.45) is 5.41 Å². The highest BCUT2D eigenvalue weighted by Crippen LogP contribution is 2.46. The van der Waals surface area contributed by atoms with Crippen LogP contribution in [0.15, 0.2) is 28.8 Å². The smallest absolute Gasteiger partial charge is 0.395 e. The van der Waals surface area contributed by atoms with Gasteiger partial charge in [-0.05, 0) is 18.4 Å². The number of carbonyl (C=O) groups excluding carboxylic acids is 1. The lowest BCUT2D eigenvalue weighted by atomic mass is 10.1. The second kappa shape index (κ2) is 7.00. The van der Waals surface area contributed by atoms with Crippen LogP contribution in [0.5, 0.6) is 0 Å². The Balaban J connectivity index is 1.73. The number of aliphatic hydroxyl groups is 1. The molecule has 0 radical (unpaired) electrons. The van der Waals surface area contributed by atoms with Crippen LogP contribution in [0.2, 0.25) is 0 Å². The number of aliphatic hydroxyl groups excluding tert-OH is 1. The number of nitriles is 1. The molecule has 27 heavy (non-hydrogen) atoms. The quantitative estimate of drug-likeness (QED) is 0.825. The van der Waals surface area contributed by atoms with Crippen LogP contribution in [0.25, 0.3) is 11.4 Å². The molecular weight excluding hydrogens is 365 g/mol. The summed E-state index contributed by atoms with van der Waals surface area (Å²) in [5, 5.41) is 21.7. The number of benzene rings is 1. The van der Waals surface area contributed by atoms with Gasteiger partial charge in [-0.25, -0.2) is 0 Å². The normalized spacial score (nSPS) is 15.2. The Morgan fingerprint density at radius 2 is 2.00 bits per heavy atom. The molecule has 1 aromatic heterocycles. The van der Waals surface area contributed by atoms with Gasteiger partial charge in [0.05, 0.1) is 12.7 Å². The minimum Gasteiger partial charge on any atom is -0.395 e. The SMILES string of the molecule is N#CC1(C(=O)N(CCO)Cc2ccc(-c3noc(C(F)(F)F)n3)cc2)CC1. The molecule has 1 aliphatic rings. The Kier molecular flexibility index (Phi) is 4.89. The molecule has 10 heteroatoms. The lowest BCUT2D eigenvalue weighted by Gasteiger charge is -2.24. The number of hydrogen-bond acceptors (Lipinski definition) is 6. The van der Waals surface area contributed by atoms with Crippen molar-refractivity contribution in [1.29, 1.82) is 5.26 Å². The zero-order valence-electron chi connectivity index (χ0n) is 14.0. The summed E-state index contributed by atoms with van der Waals surface area (Å²) in [5.41, 5.74) is 0.0239. The summed E-state index contributed by atoms with van der Waals surface area (Å²) < 4.78 is 41.8. The highest BCUT2D eigenvalue weighted by molar-refractivity contribution is 5.88. The number of halogens is 3. The van der Waals surface area contributed by atoms with E-state index < -0.39 is 17.5 Å². The minimum atomic E-state index is -4.71. The van der Waals surface area contributed by atoms with Gasteiger partial charge in [-0.3, -0.25) is 4.79 Å². The summed E-state index contributed by atoms with van der Waals surface area (Å²) in [7, 11) is 0. The van der Waals surface area contributed by atoms with Crippen LogP contribution in [0.4, 0.5) is 13.2 Å². The van der Waals surface area contributed by atoms with E-state index >= 15 is 0 Å². The fraction of sp³-hybridized carbons (Fsp3) is 0.412. The summed E-state index contributed by atoms with van der Waals surface area (Å²) in [6.45, 7) is 0.0152. The highest BCUT2D eigenvalue weighted by atomic mass is 19.4. The molecule has 7 nitrogen and oxygen atoms in total. The van der Waals surface area contributed by atoms with Gasteiger partial charge in [0.15, 0.2) is 0 Å². The molecule has 1 aliphatic carbocycles. The maximum Gasteiger partial charge on any atom is 0.471 e. The van der Waals surface area contributed by atoms with Crippen LogP contribution >= 0.6 is 0 Å². The van der Waals surface area contributed by atoms with Gasteiger partial charge in [0.1, 0.15) is 5.41 Å². The number of aromatic nitrogens is 2. The lowest BCUT2D eigenvalue weighted by molar-refractivity contribution is -0.159. The Labute approximate surface area is 152 Å². The average Bonchev–Trinajstić information content (AvgIpc) is 3.27. The Bertz CT molecular complexity index is 867. The molecule has 1 amide bonds. The van der Waals surface area contributed by atoms with Crippen molar-refractivity contribution in [3.05, 3.63) is 35.7 Å². The third-order valence-electron chi connectivity index (χ3n) is 4.28. The van der Waals surface area contributed by atoms with Gasteiger partial charge in [0, 0.05) is 18.7 Å². The molecule has 1 saturated carbocycles. The summed E-state index contributed by atoms with van der Waals surface area (Å²) >= 11 is 0. The number of alkyl halides is 3. The van der Waals surface area contributed by atoms with E-state index in [1.54, 1.807) is 12.1 Å². The van der Waals surface area contributed by atoms with Gasteiger partial charge in [-0.15, -0.1) is 0 Å². The summed E-state index contributed by atoms with van der Waals surface area (Å²) in [5.74, 6) is -1.94. The van der Waals surface area contributed by atoms with Crippen molar-refractivity contribution in [3.8, 4) is 17.5 Å². The van der Waals surface area contributed by atoms with Crippen LogP contribution < -0.4 is 0 Å². The summed E-state index contributed by atoms with van der Waals surface area (Å²) in [4.78, 5) is 17.2. The molecular formula is C17H15F3N4O3. The zero-order valence-corrected chi connectivity index (χ0v) is 14.0.